The number of alkyl halides is 3. The van der Waals surface area contributed by atoms with Crippen LogP contribution in [0.3, 0.4) is 0 Å². The molecular formula is C23H22F3N5O3S. The molecule has 35 heavy (non-hydrogen) atoms. The van der Waals surface area contributed by atoms with Gasteiger partial charge in [0.1, 0.15) is 11.6 Å². The number of nitrogens with one attached hydrogen (secondary N) is 1. The highest BCUT2D eigenvalue weighted by Gasteiger charge is 2.35. The number of sulfonamides is 1. The summed E-state index contributed by atoms with van der Waals surface area (Å²) in [5, 5.41) is 2.91. The van der Waals surface area contributed by atoms with Crippen molar-refractivity contribution >= 4 is 33.3 Å². The molecule has 1 aliphatic carbocycles. The Morgan fingerprint density at radius 3 is 2.54 bits per heavy atom. The lowest BCUT2D eigenvalue weighted by atomic mass is 10.1. The molecule has 3 aromatic rings. The van der Waals surface area contributed by atoms with Gasteiger partial charge >= 0.3 is 6.18 Å². The van der Waals surface area contributed by atoms with Gasteiger partial charge in [-0.05, 0) is 47.7 Å². The lowest BCUT2D eigenvalue weighted by Gasteiger charge is -2.19. The molecule has 0 unspecified atom stereocenters. The number of halogens is 3. The summed E-state index contributed by atoms with van der Waals surface area (Å²) >= 11 is 0. The average Bonchev–Trinajstić information content (AvgIpc) is 3.15. The first-order chi connectivity index (χ1) is 16.4. The summed E-state index contributed by atoms with van der Waals surface area (Å²) in [5.74, 6) is 0.238. The zero-order valence-electron chi connectivity index (χ0n) is 18.9. The van der Waals surface area contributed by atoms with Crippen molar-refractivity contribution in [3.63, 3.8) is 0 Å². The van der Waals surface area contributed by atoms with Gasteiger partial charge in [0, 0.05) is 38.0 Å². The van der Waals surface area contributed by atoms with Gasteiger partial charge in [0.15, 0.2) is 0 Å². The predicted molar refractivity (Wildman–Crippen MR) is 124 cm³/mol. The molecule has 0 bridgehead atoms. The van der Waals surface area contributed by atoms with Crippen molar-refractivity contribution in [2.75, 3.05) is 22.9 Å². The first-order valence-electron chi connectivity index (χ1n) is 10.6. The van der Waals surface area contributed by atoms with Crippen molar-refractivity contribution in [3.05, 3.63) is 70.7 Å². The second kappa shape index (κ2) is 9.25. The Morgan fingerprint density at radius 1 is 1.09 bits per heavy atom. The molecule has 2 aromatic heterocycles. The molecule has 184 valence electrons. The number of ketones is 1. The topological polar surface area (TPSA) is 105 Å². The largest absolute Gasteiger partial charge is 0.419 e. The maximum atomic E-state index is 13.7. The minimum absolute atomic E-state index is 0.0167. The first-order valence-corrected chi connectivity index (χ1v) is 12.5. The highest BCUT2D eigenvalue weighted by molar-refractivity contribution is 7.92. The van der Waals surface area contributed by atoms with E-state index in [9.17, 15) is 26.4 Å². The molecule has 1 aliphatic rings. The third kappa shape index (κ3) is 5.59. The fourth-order valence-corrected chi connectivity index (χ4v) is 4.36. The summed E-state index contributed by atoms with van der Waals surface area (Å²) in [4.78, 5) is 23.7. The van der Waals surface area contributed by atoms with E-state index in [0.29, 0.717) is 24.1 Å². The zero-order valence-corrected chi connectivity index (χ0v) is 19.7. The Bertz CT molecular complexity index is 1390. The van der Waals surface area contributed by atoms with Gasteiger partial charge in [-0.2, -0.15) is 13.2 Å². The molecule has 2 heterocycles. The highest BCUT2D eigenvalue weighted by atomic mass is 32.2. The summed E-state index contributed by atoms with van der Waals surface area (Å²) in [6.45, 7) is 0. The van der Waals surface area contributed by atoms with Crippen LogP contribution in [0.1, 0.15) is 27.9 Å². The van der Waals surface area contributed by atoms with E-state index in [1.165, 1.54) is 13.2 Å². The zero-order chi connectivity index (χ0) is 25.4. The van der Waals surface area contributed by atoms with Crippen molar-refractivity contribution in [2.45, 2.75) is 31.9 Å². The Morgan fingerprint density at radius 2 is 1.83 bits per heavy atom. The minimum atomic E-state index is -4.66. The van der Waals surface area contributed by atoms with Gasteiger partial charge in [-0.1, -0.05) is 12.1 Å². The Balaban J connectivity index is 1.61. The van der Waals surface area contributed by atoms with E-state index in [4.69, 9.17) is 0 Å². The smallest absolute Gasteiger partial charge is 0.324 e. The number of Topliss-reactive ketones (excluding diaryl/α,β-unsaturated/α-hetero) is 1. The van der Waals surface area contributed by atoms with Crippen molar-refractivity contribution in [3.8, 4) is 0 Å². The lowest BCUT2D eigenvalue weighted by Crippen LogP contribution is -2.27. The Kier molecular flexibility index (Phi) is 6.50. The third-order valence-electron chi connectivity index (χ3n) is 5.71. The van der Waals surface area contributed by atoms with E-state index < -0.39 is 21.8 Å². The predicted octanol–water partition coefficient (Wildman–Crippen LogP) is 3.48. The number of carbonyl (C=O) groups is 1. The van der Waals surface area contributed by atoms with Gasteiger partial charge in [-0.15, -0.1) is 0 Å². The maximum absolute atomic E-state index is 13.7. The second-order valence-electron chi connectivity index (χ2n) is 8.27. The average molecular weight is 506 g/mol. The second-order valence-corrected chi connectivity index (χ2v) is 10.3. The van der Waals surface area contributed by atoms with Gasteiger partial charge in [0.05, 0.1) is 17.5 Å². The number of hydrogen-bond acceptors (Lipinski definition) is 7. The van der Waals surface area contributed by atoms with E-state index in [1.807, 2.05) is 0 Å². The lowest BCUT2D eigenvalue weighted by molar-refractivity contribution is -0.138. The standard InChI is InChI=1S/C23H22F3N5O3S/c1-31(35(2,33)34)21-14(4-3-9-27-21)6-8-20-19(23(24,25)26)13-28-22(30-20)29-17-7-5-15-11-18(32)12-16(15)10-17/h3-5,7,9-10,13H,6,8,11-12H2,1-2H3,(H,28,29,30). The normalized spacial score (nSPS) is 13.6. The van der Waals surface area contributed by atoms with Crippen LogP contribution in [0, 0.1) is 0 Å². The number of benzene rings is 1. The summed E-state index contributed by atoms with van der Waals surface area (Å²) in [6, 6.07) is 8.50. The summed E-state index contributed by atoms with van der Waals surface area (Å²) in [5.41, 5.74) is 1.62. The monoisotopic (exact) mass is 505 g/mol. The number of carbonyl (C=O) groups excluding carboxylic acids is 1. The van der Waals surface area contributed by atoms with Gasteiger partial charge in [0.2, 0.25) is 16.0 Å². The number of hydrogen-bond donors (Lipinski definition) is 1. The molecule has 8 nitrogen and oxygen atoms in total. The molecule has 0 saturated carbocycles. The van der Waals surface area contributed by atoms with E-state index >= 15 is 0 Å². The fraction of sp³-hybridized carbons (Fsp3) is 0.304. The van der Waals surface area contributed by atoms with Crippen LogP contribution in [0.4, 0.5) is 30.6 Å². The number of nitrogens with zero attached hydrogens (tertiary/aromatic N) is 4. The van der Waals surface area contributed by atoms with Crippen LogP contribution in [0.15, 0.2) is 42.7 Å². The van der Waals surface area contributed by atoms with Gasteiger partial charge < -0.3 is 5.32 Å². The summed E-state index contributed by atoms with van der Waals surface area (Å²) < 4.78 is 65.8. The number of aromatic nitrogens is 3. The number of pyridine rings is 1. The SMILES string of the molecule is CN(c1ncccc1CCc1nc(Nc2ccc3c(c2)CC(=O)C3)ncc1C(F)(F)F)S(C)(=O)=O. The molecule has 0 fully saturated rings. The Hall–Kier alpha value is -3.54. The quantitative estimate of drug-likeness (QED) is 0.524. The summed E-state index contributed by atoms with van der Waals surface area (Å²) in [6.07, 6.45) is -0.855. The van der Waals surface area contributed by atoms with E-state index in [-0.39, 0.29) is 36.1 Å². The number of rotatable bonds is 7. The van der Waals surface area contributed by atoms with Crippen LogP contribution in [-0.2, 0) is 46.7 Å². The molecule has 0 aliphatic heterocycles. The van der Waals surface area contributed by atoms with Gasteiger partial charge in [-0.3, -0.25) is 9.10 Å². The molecule has 0 radical (unpaired) electrons. The van der Waals surface area contributed by atoms with Gasteiger partial charge in [0.25, 0.3) is 0 Å². The molecule has 0 atom stereocenters. The van der Waals surface area contributed by atoms with Crippen molar-refractivity contribution in [1.29, 1.82) is 0 Å². The number of aryl methyl sites for hydroxylation is 2. The summed E-state index contributed by atoms with van der Waals surface area (Å²) in [7, 11) is -2.28. The van der Waals surface area contributed by atoms with Crippen LogP contribution >= 0.6 is 0 Å². The van der Waals surface area contributed by atoms with Crippen molar-refractivity contribution < 1.29 is 26.4 Å². The fourth-order valence-electron chi connectivity index (χ4n) is 3.88. The van der Waals surface area contributed by atoms with Crippen LogP contribution in [0.25, 0.3) is 0 Å². The molecule has 0 saturated heterocycles. The Labute approximate surface area is 200 Å². The van der Waals surface area contributed by atoms with Crippen molar-refractivity contribution in [2.24, 2.45) is 0 Å². The van der Waals surface area contributed by atoms with Crippen LogP contribution < -0.4 is 9.62 Å². The van der Waals surface area contributed by atoms with E-state index in [1.54, 1.807) is 30.3 Å². The van der Waals surface area contributed by atoms with E-state index in [2.05, 4.69) is 20.3 Å². The number of fused-ring (bicyclic) bond motifs is 1. The molecule has 0 amide bonds. The van der Waals surface area contributed by atoms with Crippen LogP contribution in [-0.4, -0.2) is 42.5 Å². The molecule has 1 aromatic carbocycles. The number of anilines is 3. The molecule has 12 heteroatoms. The highest BCUT2D eigenvalue weighted by Crippen LogP contribution is 2.33. The third-order valence-corrected chi connectivity index (χ3v) is 6.87. The first kappa shape index (κ1) is 24.6. The van der Waals surface area contributed by atoms with Crippen molar-refractivity contribution in [1.82, 2.24) is 15.0 Å². The van der Waals surface area contributed by atoms with Gasteiger partial charge in [-0.25, -0.2) is 23.4 Å². The van der Waals surface area contributed by atoms with E-state index in [0.717, 1.165) is 27.9 Å². The van der Waals surface area contributed by atoms with Crippen LogP contribution in [0.2, 0.25) is 0 Å². The molecule has 0 spiro atoms. The molecular weight excluding hydrogens is 483 g/mol. The van der Waals surface area contributed by atoms with Crippen LogP contribution in [0.5, 0.6) is 0 Å². The maximum Gasteiger partial charge on any atom is 0.419 e. The molecule has 4 rings (SSSR count). The molecule has 1 N–H and O–H groups in total. The minimum Gasteiger partial charge on any atom is -0.324 e.